The Hall–Kier alpha value is -1.56. The molecule has 4 nitrogen and oxygen atoms in total. The van der Waals surface area contributed by atoms with Crippen LogP contribution in [-0.4, -0.2) is 19.2 Å². The lowest BCUT2D eigenvalue weighted by Gasteiger charge is -2.09. The minimum atomic E-state index is -2.94. The van der Waals surface area contributed by atoms with Gasteiger partial charge >= 0.3 is 12.6 Å². The van der Waals surface area contributed by atoms with Crippen LogP contribution in [0.3, 0.4) is 0 Å². The van der Waals surface area contributed by atoms with E-state index in [9.17, 15) is 13.6 Å². The van der Waals surface area contributed by atoms with Crippen molar-refractivity contribution in [3.63, 3.8) is 0 Å². The number of rotatable bonds is 4. The summed E-state index contributed by atoms with van der Waals surface area (Å²) in [6.45, 7) is -0.687. The van der Waals surface area contributed by atoms with E-state index in [-0.39, 0.29) is 10.8 Å². The van der Waals surface area contributed by atoms with Gasteiger partial charge in [0.05, 0.1) is 5.02 Å². The van der Waals surface area contributed by atoms with E-state index >= 15 is 0 Å². The Bertz CT molecular complexity index is 402. The van der Waals surface area contributed by atoms with Gasteiger partial charge < -0.3 is 15.4 Å². The Labute approximate surface area is 102 Å². The van der Waals surface area contributed by atoms with E-state index < -0.39 is 12.6 Å². The molecule has 0 bridgehead atoms. The van der Waals surface area contributed by atoms with Crippen LogP contribution in [-0.2, 0) is 0 Å². The first-order chi connectivity index (χ1) is 8.02. The second-order valence-electron chi connectivity index (χ2n) is 3.01. The molecule has 0 aliphatic heterocycles. The highest BCUT2D eigenvalue weighted by molar-refractivity contribution is 6.32. The lowest BCUT2D eigenvalue weighted by Crippen LogP contribution is -2.28. The van der Waals surface area contributed by atoms with Gasteiger partial charge in [-0.05, 0) is 25.1 Å². The van der Waals surface area contributed by atoms with Crippen LogP contribution in [0.25, 0.3) is 0 Å². The summed E-state index contributed by atoms with van der Waals surface area (Å²) < 4.78 is 28.1. The minimum Gasteiger partial charge on any atom is -0.433 e. The van der Waals surface area contributed by atoms with Crippen molar-refractivity contribution in [2.75, 3.05) is 11.9 Å². The number of halogens is 3. The molecule has 0 unspecified atom stereocenters. The van der Waals surface area contributed by atoms with Crippen LogP contribution >= 0.6 is 11.6 Å². The minimum absolute atomic E-state index is 0.000372. The van der Waals surface area contributed by atoms with Gasteiger partial charge in [0.1, 0.15) is 5.75 Å². The molecule has 0 heterocycles. The molecule has 1 aromatic rings. The van der Waals surface area contributed by atoms with Crippen LogP contribution in [0, 0.1) is 0 Å². The molecular formula is C10H11ClF2N2O2. The molecule has 2 amide bonds. The normalized spacial score (nSPS) is 10.2. The van der Waals surface area contributed by atoms with Crippen LogP contribution in [0.2, 0.25) is 5.02 Å². The standard InChI is InChI=1S/C10H11ClF2N2O2/c1-2-14-10(16)15-6-3-4-8(7(11)5-6)17-9(12)13/h3-5,9H,2H2,1H3,(H2,14,15,16). The van der Waals surface area contributed by atoms with Crippen LogP contribution in [0.4, 0.5) is 19.3 Å². The number of anilines is 1. The summed E-state index contributed by atoms with van der Waals surface area (Å²) in [7, 11) is 0. The molecule has 94 valence electrons. The second-order valence-corrected chi connectivity index (χ2v) is 3.42. The highest BCUT2D eigenvalue weighted by Crippen LogP contribution is 2.28. The Balaban J connectivity index is 2.71. The lowest BCUT2D eigenvalue weighted by atomic mass is 10.3. The van der Waals surface area contributed by atoms with Crippen molar-refractivity contribution in [1.29, 1.82) is 0 Å². The number of urea groups is 1. The van der Waals surface area contributed by atoms with Gasteiger partial charge in [0.2, 0.25) is 0 Å². The van der Waals surface area contributed by atoms with Gasteiger partial charge in [0.15, 0.2) is 0 Å². The Morgan fingerprint density at radius 3 is 2.76 bits per heavy atom. The zero-order chi connectivity index (χ0) is 12.8. The molecular weight excluding hydrogens is 254 g/mol. The zero-order valence-electron chi connectivity index (χ0n) is 8.97. The number of hydrogen-bond donors (Lipinski definition) is 2. The highest BCUT2D eigenvalue weighted by atomic mass is 35.5. The number of benzene rings is 1. The molecule has 0 aliphatic carbocycles. The quantitative estimate of drug-likeness (QED) is 0.878. The van der Waals surface area contributed by atoms with E-state index in [1.54, 1.807) is 6.92 Å². The fourth-order valence-electron chi connectivity index (χ4n) is 1.11. The van der Waals surface area contributed by atoms with E-state index in [2.05, 4.69) is 15.4 Å². The predicted octanol–water partition coefficient (Wildman–Crippen LogP) is 3.08. The van der Waals surface area contributed by atoms with Crippen LogP contribution < -0.4 is 15.4 Å². The third kappa shape index (κ3) is 4.44. The summed E-state index contributed by atoms with van der Waals surface area (Å²) in [6.07, 6.45) is 0. The summed E-state index contributed by atoms with van der Waals surface area (Å²) in [5, 5.41) is 5.00. The topological polar surface area (TPSA) is 50.4 Å². The number of ether oxygens (including phenoxy) is 1. The van der Waals surface area contributed by atoms with Crippen molar-refractivity contribution in [3.8, 4) is 5.75 Å². The van der Waals surface area contributed by atoms with E-state index in [4.69, 9.17) is 11.6 Å². The van der Waals surface area contributed by atoms with E-state index in [1.807, 2.05) is 0 Å². The van der Waals surface area contributed by atoms with Gasteiger partial charge in [-0.1, -0.05) is 11.6 Å². The van der Waals surface area contributed by atoms with Gasteiger partial charge in [-0.3, -0.25) is 0 Å². The number of nitrogens with one attached hydrogen (secondary N) is 2. The molecule has 0 fully saturated rings. The molecule has 0 saturated carbocycles. The van der Waals surface area contributed by atoms with E-state index in [1.165, 1.54) is 18.2 Å². The average molecular weight is 265 g/mol. The smallest absolute Gasteiger partial charge is 0.387 e. The molecule has 1 aromatic carbocycles. The number of carbonyl (C=O) groups excluding carboxylic acids is 1. The van der Waals surface area contributed by atoms with Gasteiger partial charge in [-0.15, -0.1) is 0 Å². The SMILES string of the molecule is CCNC(=O)Nc1ccc(OC(F)F)c(Cl)c1. The fourth-order valence-corrected chi connectivity index (χ4v) is 1.33. The number of amides is 2. The largest absolute Gasteiger partial charge is 0.433 e. The van der Waals surface area contributed by atoms with Crippen LogP contribution in [0.5, 0.6) is 5.75 Å². The second kappa shape index (κ2) is 6.24. The van der Waals surface area contributed by atoms with Crippen molar-refractivity contribution in [3.05, 3.63) is 23.2 Å². The molecule has 0 saturated heterocycles. The van der Waals surface area contributed by atoms with Crippen LogP contribution in [0.15, 0.2) is 18.2 Å². The average Bonchev–Trinajstić information content (AvgIpc) is 2.22. The third-order valence-electron chi connectivity index (χ3n) is 1.74. The van der Waals surface area contributed by atoms with Gasteiger partial charge in [0, 0.05) is 12.2 Å². The van der Waals surface area contributed by atoms with Crippen molar-refractivity contribution in [1.82, 2.24) is 5.32 Å². The molecule has 0 radical (unpaired) electrons. The van der Waals surface area contributed by atoms with E-state index in [0.717, 1.165) is 0 Å². The highest BCUT2D eigenvalue weighted by Gasteiger charge is 2.09. The van der Waals surface area contributed by atoms with Gasteiger partial charge in [-0.25, -0.2) is 4.79 Å². The first-order valence-corrected chi connectivity index (χ1v) is 5.20. The Morgan fingerprint density at radius 2 is 2.24 bits per heavy atom. The molecule has 7 heteroatoms. The number of carbonyl (C=O) groups is 1. The van der Waals surface area contributed by atoms with Crippen molar-refractivity contribution < 1.29 is 18.3 Å². The first-order valence-electron chi connectivity index (χ1n) is 4.82. The monoisotopic (exact) mass is 264 g/mol. The maximum absolute atomic E-state index is 12.0. The Morgan fingerprint density at radius 1 is 1.53 bits per heavy atom. The fraction of sp³-hybridized carbons (Fsp3) is 0.300. The molecule has 0 aliphatic rings. The number of hydrogen-bond acceptors (Lipinski definition) is 2. The van der Waals surface area contributed by atoms with Crippen molar-refractivity contribution >= 4 is 23.3 Å². The van der Waals surface area contributed by atoms with Crippen LogP contribution in [0.1, 0.15) is 6.92 Å². The van der Waals surface area contributed by atoms with Gasteiger partial charge in [0.25, 0.3) is 0 Å². The molecule has 17 heavy (non-hydrogen) atoms. The molecule has 1 rings (SSSR count). The summed E-state index contributed by atoms with van der Waals surface area (Å²) in [5.41, 5.74) is 0.391. The summed E-state index contributed by atoms with van der Waals surface area (Å²) in [5.74, 6) is -0.136. The maximum Gasteiger partial charge on any atom is 0.387 e. The summed E-state index contributed by atoms with van der Waals surface area (Å²) >= 11 is 5.70. The molecule has 0 spiro atoms. The zero-order valence-corrected chi connectivity index (χ0v) is 9.72. The predicted molar refractivity (Wildman–Crippen MR) is 60.8 cm³/mol. The Kier molecular flexibility index (Phi) is 4.96. The van der Waals surface area contributed by atoms with Crippen molar-refractivity contribution in [2.24, 2.45) is 0 Å². The first kappa shape index (κ1) is 13.5. The summed E-state index contributed by atoms with van der Waals surface area (Å²) in [4.78, 5) is 11.2. The van der Waals surface area contributed by atoms with Gasteiger partial charge in [-0.2, -0.15) is 8.78 Å². The lowest BCUT2D eigenvalue weighted by molar-refractivity contribution is -0.0497. The van der Waals surface area contributed by atoms with Crippen molar-refractivity contribution in [2.45, 2.75) is 13.5 Å². The summed E-state index contributed by atoms with van der Waals surface area (Å²) in [6, 6.07) is 3.61. The molecule has 0 atom stereocenters. The van der Waals surface area contributed by atoms with E-state index in [0.29, 0.717) is 12.2 Å². The third-order valence-corrected chi connectivity index (χ3v) is 2.04. The maximum atomic E-state index is 12.0. The molecule has 2 N–H and O–H groups in total. The number of alkyl halides is 2. The molecule has 0 aromatic heterocycles.